The predicted octanol–water partition coefficient (Wildman–Crippen LogP) is 14.0. The SMILES string of the molecule is Cc1ccc(-c2c3nc(c(-c4ccc(C(F)(F)F)cc4)c4ccc([nH]4)c(-c4ccc(C(F)(F)F)cc4)c4nc(c(-c5ccc(C)cc5)c5ccc2[nH]5)C=C4)C=C3)cc1. The monoisotopic (exact) mass is 778 g/mol. The Morgan fingerprint density at radius 3 is 0.828 bits per heavy atom. The van der Waals surface area contributed by atoms with Gasteiger partial charge in [0.1, 0.15) is 0 Å². The van der Waals surface area contributed by atoms with Gasteiger partial charge in [-0.2, -0.15) is 26.3 Å². The van der Waals surface area contributed by atoms with E-state index < -0.39 is 23.5 Å². The number of nitrogens with zero attached hydrogens (tertiary/aromatic N) is 2. The number of halogens is 6. The van der Waals surface area contributed by atoms with E-state index in [-0.39, 0.29) is 0 Å². The molecule has 0 radical (unpaired) electrons. The summed E-state index contributed by atoms with van der Waals surface area (Å²) in [7, 11) is 0. The van der Waals surface area contributed by atoms with Crippen LogP contribution in [-0.2, 0) is 12.4 Å². The summed E-state index contributed by atoms with van der Waals surface area (Å²) >= 11 is 0. The van der Waals surface area contributed by atoms with Crippen molar-refractivity contribution in [2.45, 2.75) is 26.2 Å². The van der Waals surface area contributed by atoms with Crippen LogP contribution in [0.15, 0.2) is 121 Å². The lowest BCUT2D eigenvalue weighted by atomic mass is 10.0. The van der Waals surface area contributed by atoms with Crippen LogP contribution < -0.4 is 0 Å². The molecule has 0 spiro atoms. The minimum absolute atomic E-state index is 0.480. The van der Waals surface area contributed by atoms with E-state index in [0.717, 1.165) is 68.7 Å². The van der Waals surface area contributed by atoms with Gasteiger partial charge in [0.2, 0.25) is 0 Å². The molecular weight excluding hydrogens is 747 g/mol. The predicted molar refractivity (Wildman–Crippen MR) is 220 cm³/mol. The highest BCUT2D eigenvalue weighted by Crippen LogP contribution is 2.40. The second-order valence-corrected chi connectivity index (χ2v) is 14.4. The Bertz CT molecular complexity index is 2750. The zero-order valence-electron chi connectivity index (χ0n) is 31.0. The first-order chi connectivity index (χ1) is 27.8. The molecule has 4 aromatic carbocycles. The summed E-state index contributed by atoms with van der Waals surface area (Å²) in [5.74, 6) is 0. The lowest BCUT2D eigenvalue weighted by Gasteiger charge is -2.10. The van der Waals surface area contributed by atoms with Gasteiger partial charge in [-0.15, -0.1) is 0 Å². The van der Waals surface area contributed by atoms with Gasteiger partial charge in [-0.1, -0.05) is 83.9 Å². The molecular formula is C48H32F6N4. The molecule has 3 aromatic heterocycles. The lowest BCUT2D eigenvalue weighted by Crippen LogP contribution is -2.04. The van der Waals surface area contributed by atoms with Crippen molar-refractivity contribution in [1.82, 2.24) is 19.9 Å². The average molecular weight is 779 g/mol. The number of rotatable bonds is 4. The highest BCUT2D eigenvalue weighted by molar-refractivity contribution is 5.99. The fourth-order valence-corrected chi connectivity index (χ4v) is 7.51. The molecule has 4 nitrogen and oxygen atoms in total. The molecule has 58 heavy (non-hydrogen) atoms. The number of alkyl halides is 6. The quantitative estimate of drug-likeness (QED) is 0.175. The molecule has 2 aliphatic heterocycles. The van der Waals surface area contributed by atoms with E-state index in [1.54, 1.807) is 12.1 Å². The number of hydrogen-bond donors (Lipinski definition) is 2. The van der Waals surface area contributed by atoms with Gasteiger partial charge >= 0.3 is 12.4 Å². The second-order valence-electron chi connectivity index (χ2n) is 14.4. The Morgan fingerprint density at radius 2 is 0.586 bits per heavy atom. The van der Waals surface area contributed by atoms with Crippen LogP contribution in [-0.4, -0.2) is 19.9 Å². The third-order valence-corrected chi connectivity index (χ3v) is 10.4. The van der Waals surface area contributed by atoms with Crippen LogP contribution in [0.1, 0.15) is 45.0 Å². The van der Waals surface area contributed by atoms with Gasteiger partial charge in [-0.05, 0) is 109 Å². The number of fused-ring (bicyclic) bond motifs is 8. The largest absolute Gasteiger partial charge is 0.416 e. The molecule has 0 saturated heterocycles. The zero-order valence-corrected chi connectivity index (χ0v) is 31.0. The van der Waals surface area contributed by atoms with Crippen molar-refractivity contribution < 1.29 is 26.3 Å². The van der Waals surface area contributed by atoms with Crippen molar-refractivity contribution >= 4 is 46.4 Å². The highest BCUT2D eigenvalue weighted by Gasteiger charge is 2.31. The van der Waals surface area contributed by atoms with E-state index in [4.69, 9.17) is 9.97 Å². The van der Waals surface area contributed by atoms with Crippen molar-refractivity contribution in [2.75, 3.05) is 0 Å². The lowest BCUT2D eigenvalue weighted by molar-refractivity contribution is -0.138. The van der Waals surface area contributed by atoms with E-state index in [0.29, 0.717) is 56.1 Å². The number of nitrogens with one attached hydrogen (secondary N) is 2. The maximum absolute atomic E-state index is 13.7. The summed E-state index contributed by atoms with van der Waals surface area (Å²) in [5.41, 5.74) is 11.0. The van der Waals surface area contributed by atoms with Crippen LogP contribution in [0.4, 0.5) is 26.3 Å². The van der Waals surface area contributed by atoms with Gasteiger partial charge in [0, 0.05) is 44.3 Å². The van der Waals surface area contributed by atoms with E-state index in [9.17, 15) is 26.3 Å². The average Bonchev–Trinajstić information content (AvgIpc) is 4.04. The Balaban J connectivity index is 1.43. The van der Waals surface area contributed by atoms with Gasteiger partial charge in [0.15, 0.2) is 0 Å². The first-order valence-corrected chi connectivity index (χ1v) is 18.5. The number of aromatic nitrogens is 4. The normalized spacial score (nSPS) is 12.7. The number of hydrogen-bond acceptors (Lipinski definition) is 2. The standard InChI is InChI=1S/C48H32F6N4/c1-27-3-7-29(8-4-27)43-35-19-20-36(55-35)44(30-9-5-28(2)6-10-30)38-22-24-40(57-38)46(32-13-17-34(18-14-32)48(52,53)54)42-26-25-41(58-42)45(39-23-21-37(43)56-39)31-11-15-33(16-12-31)47(49,50)51/h3-26,55,58H,1-2H3. The van der Waals surface area contributed by atoms with Crippen LogP contribution in [0, 0.1) is 13.8 Å². The molecule has 2 N–H and O–H groups in total. The third-order valence-electron chi connectivity index (χ3n) is 10.4. The molecule has 0 unspecified atom stereocenters. The molecule has 0 saturated carbocycles. The maximum Gasteiger partial charge on any atom is 0.416 e. The first-order valence-electron chi connectivity index (χ1n) is 18.5. The molecule has 10 heteroatoms. The topological polar surface area (TPSA) is 57.4 Å². The maximum atomic E-state index is 13.7. The molecule has 286 valence electrons. The first kappa shape index (κ1) is 36.7. The number of H-pyrrole nitrogens is 2. The second kappa shape index (κ2) is 13.9. The molecule has 2 aliphatic rings. The molecule has 8 bridgehead atoms. The fourth-order valence-electron chi connectivity index (χ4n) is 7.51. The summed E-state index contributed by atoms with van der Waals surface area (Å²) < 4.78 is 82.3. The van der Waals surface area contributed by atoms with E-state index in [1.807, 2.05) is 98.8 Å². The van der Waals surface area contributed by atoms with Gasteiger partial charge in [-0.25, -0.2) is 9.97 Å². The molecule has 9 rings (SSSR count). The smallest absolute Gasteiger partial charge is 0.354 e. The number of aromatic amines is 2. The van der Waals surface area contributed by atoms with Gasteiger partial charge in [0.25, 0.3) is 0 Å². The van der Waals surface area contributed by atoms with Crippen LogP contribution in [0.5, 0.6) is 0 Å². The van der Waals surface area contributed by atoms with E-state index in [1.165, 1.54) is 24.3 Å². The Morgan fingerprint density at radius 1 is 0.345 bits per heavy atom. The van der Waals surface area contributed by atoms with Gasteiger partial charge in [-0.3, -0.25) is 0 Å². The summed E-state index contributed by atoms with van der Waals surface area (Å²) in [6.07, 6.45) is -1.59. The summed E-state index contributed by atoms with van der Waals surface area (Å²) in [4.78, 5) is 17.4. The minimum atomic E-state index is -4.53. The highest BCUT2D eigenvalue weighted by atomic mass is 19.4. The molecule has 0 amide bonds. The van der Waals surface area contributed by atoms with Crippen LogP contribution in [0.25, 0.3) is 90.9 Å². The molecule has 0 aliphatic carbocycles. The van der Waals surface area contributed by atoms with Crippen molar-refractivity contribution in [3.8, 4) is 44.5 Å². The molecule has 7 aromatic rings. The van der Waals surface area contributed by atoms with Crippen molar-refractivity contribution in [3.05, 3.63) is 166 Å². The molecule has 5 heterocycles. The van der Waals surface area contributed by atoms with Gasteiger partial charge in [0.05, 0.1) is 33.9 Å². The molecule has 0 fully saturated rings. The van der Waals surface area contributed by atoms with Crippen LogP contribution in [0.2, 0.25) is 0 Å². The number of benzene rings is 4. The van der Waals surface area contributed by atoms with Crippen molar-refractivity contribution in [2.24, 2.45) is 0 Å². The Labute approximate surface area is 328 Å². The summed E-state index contributed by atoms with van der Waals surface area (Å²) in [6, 6.07) is 33.6. The zero-order chi connectivity index (χ0) is 40.3. The summed E-state index contributed by atoms with van der Waals surface area (Å²) in [6.45, 7) is 4.03. The Hall–Kier alpha value is -6.94. The van der Waals surface area contributed by atoms with Crippen LogP contribution >= 0.6 is 0 Å². The van der Waals surface area contributed by atoms with E-state index in [2.05, 4.69) is 9.97 Å². The van der Waals surface area contributed by atoms with E-state index >= 15 is 0 Å². The van der Waals surface area contributed by atoms with Crippen molar-refractivity contribution in [1.29, 1.82) is 0 Å². The minimum Gasteiger partial charge on any atom is -0.354 e. The third kappa shape index (κ3) is 6.80. The fraction of sp³-hybridized carbons (Fsp3) is 0.0833. The van der Waals surface area contributed by atoms with Gasteiger partial charge < -0.3 is 9.97 Å². The van der Waals surface area contributed by atoms with Crippen molar-refractivity contribution in [3.63, 3.8) is 0 Å². The van der Waals surface area contributed by atoms with Crippen LogP contribution in [0.3, 0.4) is 0 Å². The Kier molecular flexibility index (Phi) is 8.80. The summed E-state index contributed by atoms with van der Waals surface area (Å²) in [5, 5.41) is 0. The molecule has 0 atom stereocenters. The number of aryl methyl sites for hydroxylation is 2.